The van der Waals surface area contributed by atoms with E-state index in [1.807, 2.05) is 0 Å². The van der Waals surface area contributed by atoms with E-state index in [1.54, 1.807) is 0 Å². The van der Waals surface area contributed by atoms with Crippen molar-refractivity contribution in [2.45, 2.75) is 30.8 Å². The van der Waals surface area contributed by atoms with Gasteiger partial charge in [-0.15, -0.1) is 0 Å². The smallest absolute Gasteiger partial charge is 0.141 e. The van der Waals surface area contributed by atoms with Crippen LogP contribution in [-0.2, 0) is 9.47 Å². The predicted molar refractivity (Wildman–Crippen MR) is 51.5 cm³/mol. The molecule has 0 aliphatic carbocycles. The highest BCUT2D eigenvalue weighted by Crippen LogP contribution is 2.22. The van der Waals surface area contributed by atoms with Crippen molar-refractivity contribution in [3.63, 3.8) is 0 Å². The zero-order chi connectivity index (χ0) is 9.73. The molecule has 0 amide bonds. The molecule has 1 rings (SSSR count). The first-order valence-electron chi connectivity index (χ1n) is 4.73. The Balaban J connectivity index is 2.24. The SMILES string of the molecule is OCC(O)COC1([SiH3])CCCCO1. The lowest BCUT2D eigenvalue weighted by molar-refractivity contribution is -0.210. The highest BCUT2D eigenvalue weighted by Gasteiger charge is 2.28. The van der Waals surface area contributed by atoms with E-state index in [2.05, 4.69) is 0 Å². The Kier molecular flexibility index (Phi) is 4.34. The highest BCUT2D eigenvalue weighted by molar-refractivity contribution is 6.13. The Labute approximate surface area is 81.3 Å². The predicted octanol–water partition coefficient (Wildman–Crippen LogP) is -1.42. The van der Waals surface area contributed by atoms with Crippen molar-refractivity contribution in [2.75, 3.05) is 19.8 Å². The van der Waals surface area contributed by atoms with Crippen LogP contribution in [0.4, 0.5) is 0 Å². The second-order valence-corrected chi connectivity index (χ2v) is 5.11. The van der Waals surface area contributed by atoms with Gasteiger partial charge in [0.2, 0.25) is 0 Å². The summed E-state index contributed by atoms with van der Waals surface area (Å²) >= 11 is 0. The molecule has 1 heterocycles. The van der Waals surface area contributed by atoms with Crippen molar-refractivity contribution in [1.82, 2.24) is 0 Å². The van der Waals surface area contributed by atoms with Crippen molar-refractivity contribution in [1.29, 1.82) is 0 Å². The first-order chi connectivity index (χ1) is 6.16. The van der Waals surface area contributed by atoms with Crippen molar-refractivity contribution in [2.24, 2.45) is 0 Å². The van der Waals surface area contributed by atoms with E-state index in [1.165, 1.54) is 0 Å². The highest BCUT2D eigenvalue weighted by atomic mass is 28.1. The van der Waals surface area contributed by atoms with Gasteiger partial charge in [0.15, 0.2) is 0 Å². The summed E-state index contributed by atoms with van der Waals surface area (Å²) in [6, 6.07) is 0. The summed E-state index contributed by atoms with van der Waals surface area (Å²) in [5.74, 6) is 0. The molecule has 0 saturated carbocycles. The summed E-state index contributed by atoms with van der Waals surface area (Å²) in [6.07, 6.45) is 2.35. The molecule has 0 aromatic heterocycles. The van der Waals surface area contributed by atoms with Crippen molar-refractivity contribution < 1.29 is 19.7 Å². The monoisotopic (exact) mass is 206 g/mol. The fourth-order valence-corrected chi connectivity index (χ4v) is 2.07. The largest absolute Gasteiger partial charge is 0.394 e. The topological polar surface area (TPSA) is 58.9 Å². The molecule has 0 bridgehead atoms. The molecule has 4 nitrogen and oxygen atoms in total. The maximum atomic E-state index is 9.09. The lowest BCUT2D eigenvalue weighted by Crippen LogP contribution is -2.42. The lowest BCUT2D eigenvalue weighted by atomic mass is 10.2. The molecule has 0 aromatic carbocycles. The van der Waals surface area contributed by atoms with Gasteiger partial charge in [0, 0.05) is 6.61 Å². The second kappa shape index (κ2) is 5.07. The molecule has 0 aromatic rings. The van der Waals surface area contributed by atoms with Gasteiger partial charge in [0.25, 0.3) is 0 Å². The molecule has 1 saturated heterocycles. The van der Waals surface area contributed by atoms with Gasteiger partial charge < -0.3 is 19.7 Å². The number of aliphatic hydroxyl groups excluding tert-OH is 2. The van der Waals surface area contributed by atoms with Crippen LogP contribution in [0.1, 0.15) is 19.3 Å². The molecule has 1 aliphatic rings. The average Bonchev–Trinajstić information content (AvgIpc) is 2.15. The lowest BCUT2D eigenvalue weighted by Gasteiger charge is -2.34. The Bertz CT molecular complexity index is 147. The normalized spacial score (nSPS) is 31.8. The van der Waals surface area contributed by atoms with Crippen molar-refractivity contribution in [3.8, 4) is 0 Å². The molecule has 0 radical (unpaired) electrons. The van der Waals surface area contributed by atoms with Crippen LogP contribution in [0.15, 0.2) is 0 Å². The van der Waals surface area contributed by atoms with Crippen LogP contribution in [0.5, 0.6) is 0 Å². The summed E-state index contributed by atoms with van der Waals surface area (Å²) in [7, 11) is 0.801. The molecule has 1 aliphatic heterocycles. The number of rotatable bonds is 4. The minimum atomic E-state index is -0.781. The summed E-state index contributed by atoms with van der Waals surface area (Å²) in [4.78, 5) is 0. The summed E-state index contributed by atoms with van der Waals surface area (Å²) < 4.78 is 11.0. The number of ether oxygens (including phenoxy) is 2. The fourth-order valence-electron chi connectivity index (χ4n) is 1.35. The van der Waals surface area contributed by atoms with Crippen LogP contribution < -0.4 is 0 Å². The van der Waals surface area contributed by atoms with E-state index < -0.39 is 11.5 Å². The molecule has 2 N–H and O–H groups in total. The molecule has 2 unspecified atom stereocenters. The number of aliphatic hydroxyl groups is 2. The van der Waals surface area contributed by atoms with Gasteiger partial charge in [-0.3, -0.25) is 0 Å². The van der Waals surface area contributed by atoms with Crippen molar-refractivity contribution in [3.05, 3.63) is 0 Å². The third-order valence-electron chi connectivity index (χ3n) is 2.22. The summed E-state index contributed by atoms with van der Waals surface area (Å²) in [5.41, 5.74) is -0.422. The van der Waals surface area contributed by atoms with Crippen LogP contribution in [0, 0.1) is 0 Å². The van der Waals surface area contributed by atoms with E-state index in [0.717, 1.165) is 36.1 Å². The van der Waals surface area contributed by atoms with Gasteiger partial charge in [-0.1, -0.05) is 0 Å². The van der Waals surface area contributed by atoms with Crippen molar-refractivity contribution >= 4 is 10.2 Å². The van der Waals surface area contributed by atoms with Crippen LogP contribution in [0.25, 0.3) is 0 Å². The van der Waals surface area contributed by atoms with Gasteiger partial charge in [-0.25, -0.2) is 0 Å². The molecule has 78 valence electrons. The van der Waals surface area contributed by atoms with Gasteiger partial charge in [0.05, 0.1) is 23.5 Å². The van der Waals surface area contributed by atoms with Gasteiger partial charge in [-0.2, -0.15) is 0 Å². The fraction of sp³-hybridized carbons (Fsp3) is 1.00. The number of hydrogen-bond donors (Lipinski definition) is 2. The maximum absolute atomic E-state index is 9.09. The van der Waals surface area contributed by atoms with E-state index >= 15 is 0 Å². The van der Waals surface area contributed by atoms with Crippen LogP contribution in [-0.4, -0.2) is 51.8 Å². The third-order valence-corrected chi connectivity index (χ3v) is 3.30. The maximum Gasteiger partial charge on any atom is 0.141 e. The Morgan fingerprint density at radius 1 is 1.54 bits per heavy atom. The summed E-state index contributed by atoms with van der Waals surface area (Å²) in [6.45, 7) is 0.663. The van der Waals surface area contributed by atoms with Crippen LogP contribution >= 0.6 is 0 Å². The minimum Gasteiger partial charge on any atom is -0.394 e. The zero-order valence-electron chi connectivity index (χ0n) is 8.03. The molecular formula is C8H18O4Si. The molecule has 0 spiro atoms. The Morgan fingerprint density at radius 3 is 2.85 bits per heavy atom. The average molecular weight is 206 g/mol. The molecule has 5 heteroatoms. The van der Waals surface area contributed by atoms with E-state index in [9.17, 15) is 0 Å². The van der Waals surface area contributed by atoms with Gasteiger partial charge in [-0.05, 0) is 19.3 Å². The minimum absolute atomic E-state index is 0.167. The molecule has 13 heavy (non-hydrogen) atoms. The van der Waals surface area contributed by atoms with E-state index in [-0.39, 0.29) is 13.2 Å². The zero-order valence-corrected chi connectivity index (χ0v) is 10.0. The van der Waals surface area contributed by atoms with Gasteiger partial charge in [0.1, 0.15) is 11.5 Å². The quantitative estimate of drug-likeness (QED) is 0.554. The second-order valence-electron chi connectivity index (χ2n) is 3.59. The summed E-state index contributed by atoms with van der Waals surface area (Å²) in [5, 5.41) is 17.7. The first-order valence-corrected chi connectivity index (χ1v) is 5.73. The number of hydrogen-bond acceptors (Lipinski definition) is 4. The molecule has 2 atom stereocenters. The Hall–Kier alpha value is 0.0569. The van der Waals surface area contributed by atoms with E-state index in [4.69, 9.17) is 19.7 Å². The third kappa shape index (κ3) is 3.74. The first kappa shape index (κ1) is 11.1. The molecular weight excluding hydrogens is 188 g/mol. The molecule has 1 fully saturated rings. The van der Waals surface area contributed by atoms with Gasteiger partial charge >= 0.3 is 0 Å². The van der Waals surface area contributed by atoms with E-state index in [0.29, 0.717) is 0 Å². The van der Waals surface area contributed by atoms with Crippen LogP contribution in [0.2, 0.25) is 0 Å². The van der Waals surface area contributed by atoms with Crippen LogP contribution in [0.3, 0.4) is 0 Å². The Morgan fingerprint density at radius 2 is 2.31 bits per heavy atom. The standard InChI is InChI=1S/C8H18O4Si/c9-5-7(10)6-12-8(13)3-1-2-4-11-8/h7,9-10H,1-6H2,13H3.